The molecule has 0 spiro atoms. The van der Waals surface area contributed by atoms with E-state index in [1.165, 1.54) is 12.7 Å². The van der Waals surface area contributed by atoms with Crippen molar-refractivity contribution in [2.45, 2.75) is 70.0 Å². The molecular weight excluding hydrogens is 444 g/mol. The highest BCUT2D eigenvalue weighted by Crippen LogP contribution is 2.26. The van der Waals surface area contributed by atoms with E-state index in [4.69, 9.17) is 4.74 Å². The summed E-state index contributed by atoms with van der Waals surface area (Å²) in [6.07, 6.45) is 6.50. The molecule has 8 heteroatoms. The fraction of sp³-hybridized carbons (Fsp3) is 0.667. The first kappa shape index (κ1) is 25.5. The molecule has 0 radical (unpaired) electrons. The fourth-order valence-electron chi connectivity index (χ4n) is 5.65. The minimum atomic E-state index is -0.141. The number of hydrogen-bond donors (Lipinski definition) is 2. The normalized spacial score (nSPS) is 24.5. The minimum Gasteiger partial charge on any atom is -0.469 e. The maximum atomic E-state index is 12.8. The van der Waals surface area contributed by atoms with Gasteiger partial charge in [-0.2, -0.15) is 0 Å². The highest BCUT2D eigenvalue weighted by Gasteiger charge is 2.32. The zero-order chi connectivity index (χ0) is 24.6. The van der Waals surface area contributed by atoms with Crippen molar-refractivity contribution in [1.82, 2.24) is 20.4 Å². The van der Waals surface area contributed by atoms with Crippen molar-refractivity contribution < 1.29 is 19.1 Å². The van der Waals surface area contributed by atoms with Crippen LogP contribution in [-0.4, -0.2) is 73.1 Å². The number of nitrogens with one attached hydrogen (secondary N) is 2. The van der Waals surface area contributed by atoms with Gasteiger partial charge in [-0.15, -0.1) is 0 Å². The van der Waals surface area contributed by atoms with E-state index >= 15 is 0 Å². The number of likely N-dealkylation sites (tertiary alicyclic amines) is 2. The third-order valence-electron chi connectivity index (χ3n) is 7.93. The molecule has 0 atom stereocenters. The van der Waals surface area contributed by atoms with Crippen molar-refractivity contribution in [2.24, 2.45) is 11.8 Å². The summed E-state index contributed by atoms with van der Waals surface area (Å²) in [5, 5.41) is 6.41. The third kappa shape index (κ3) is 7.19. The van der Waals surface area contributed by atoms with Crippen LogP contribution in [0.4, 0.5) is 4.79 Å². The van der Waals surface area contributed by atoms with E-state index in [1.54, 1.807) is 0 Å². The number of amides is 3. The van der Waals surface area contributed by atoms with Crippen LogP contribution in [0.2, 0.25) is 0 Å². The van der Waals surface area contributed by atoms with Gasteiger partial charge in [-0.1, -0.05) is 30.3 Å². The van der Waals surface area contributed by atoms with Gasteiger partial charge in [0.25, 0.3) is 0 Å². The maximum Gasteiger partial charge on any atom is 0.317 e. The quantitative estimate of drug-likeness (QED) is 0.606. The number of methoxy groups -OCH3 is 1. The Hall–Kier alpha value is -2.61. The van der Waals surface area contributed by atoms with Crippen LogP contribution in [0.5, 0.6) is 0 Å². The lowest BCUT2D eigenvalue weighted by Gasteiger charge is -2.36. The molecule has 3 aliphatic rings. The molecule has 4 rings (SSSR count). The first-order chi connectivity index (χ1) is 17.0. The Labute approximate surface area is 208 Å². The molecule has 0 bridgehead atoms. The third-order valence-corrected chi connectivity index (χ3v) is 7.93. The van der Waals surface area contributed by atoms with Crippen LogP contribution < -0.4 is 10.6 Å². The number of carbonyl (C=O) groups is 3. The monoisotopic (exact) mass is 484 g/mol. The smallest absolute Gasteiger partial charge is 0.317 e. The Bertz CT molecular complexity index is 840. The Morgan fingerprint density at radius 3 is 2.06 bits per heavy atom. The summed E-state index contributed by atoms with van der Waals surface area (Å²) in [6, 6.07) is 10.9. The van der Waals surface area contributed by atoms with Gasteiger partial charge in [-0.3, -0.25) is 14.5 Å². The SMILES string of the molecule is COC(=O)C1CCC(NC(=O)C2CCN(C(=O)NC3CCN(Cc4ccccc4)CC3)CC2)CC1. The van der Waals surface area contributed by atoms with Gasteiger partial charge in [-0.05, 0) is 56.9 Å². The number of urea groups is 1. The summed E-state index contributed by atoms with van der Waals surface area (Å²) in [4.78, 5) is 41.6. The summed E-state index contributed by atoms with van der Waals surface area (Å²) in [7, 11) is 1.43. The van der Waals surface area contributed by atoms with Crippen LogP contribution >= 0.6 is 0 Å². The topological polar surface area (TPSA) is 91.0 Å². The molecule has 8 nitrogen and oxygen atoms in total. The largest absolute Gasteiger partial charge is 0.469 e. The molecule has 0 unspecified atom stereocenters. The van der Waals surface area contributed by atoms with E-state index in [2.05, 4.69) is 39.8 Å². The average molecular weight is 485 g/mol. The van der Waals surface area contributed by atoms with Crippen molar-refractivity contribution >= 4 is 17.9 Å². The second-order valence-electron chi connectivity index (χ2n) is 10.3. The lowest BCUT2D eigenvalue weighted by Crippen LogP contribution is -2.52. The zero-order valence-electron chi connectivity index (χ0n) is 20.9. The van der Waals surface area contributed by atoms with Gasteiger partial charge in [0.15, 0.2) is 0 Å². The van der Waals surface area contributed by atoms with E-state index in [1.807, 2.05) is 11.0 Å². The van der Waals surface area contributed by atoms with Crippen LogP contribution in [0, 0.1) is 11.8 Å². The van der Waals surface area contributed by atoms with E-state index in [0.29, 0.717) is 25.9 Å². The summed E-state index contributed by atoms with van der Waals surface area (Å²) in [5.41, 5.74) is 1.33. The van der Waals surface area contributed by atoms with Crippen LogP contribution in [0.15, 0.2) is 30.3 Å². The van der Waals surface area contributed by atoms with E-state index in [-0.39, 0.29) is 41.8 Å². The standard InChI is InChI=1S/C27H40N4O4/c1-35-26(33)22-7-9-23(10-8-22)28-25(32)21-11-17-31(18-12-21)27(34)29-24-13-15-30(16-14-24)19-20-5-3-2-4-6-20/h2-6,21-24H,7-19H2,1H3,(H,28,32)(H,29,34). The number of hydrogen-bond acceptors (Lipinski definition) is 5. The first-order valence-corrected chi connectivity index (χ1v) is 13.2. The second-order valence-corrected chi connectivity index (χ2v) is 10.3. The Morgan fingerprint density at radius 2 is 1.43 bits per heavy atom. The summed E-state index contributed by atoms with van der Waals surface area (Å²) < 4.78 is 4.84. The van der Waals surface area contributed by atoms with Crippen molar-refractivity contribution in [3.05, 3.63) is 35.9 Å². The molecule has 192 valence electrons. The number of carbonyl (C=O) groups excluding carboxylic acids is 3. The van der Waals surface area contributed by atoms with Crippen LogP contribution in [0.1, 0.15) is 56.9 Å². The van der Waals surface area contributed by atoms with Crippen LogP contribution in [-0.2, 0) is 20.9 Å². The number of benzene rings is 1. The zero-order valence-corrected chi connectivity index (χ0v) is 20.9. The Balaban J connectivity index is 1.12. The molecule has 35 heavy (non-hydrogen) atoms. The lowest BCUT2D eigenvalue weighted by atomic mass is 9.85. The molecule has 1 aliphatic carbocycles. The van der Waals surface area contributed by atoms with Crippen molar-refractivity contribution in [1.29, 1.82) is 0 Å². The Morgan fingerprint density at radius 1 is 0.800 bits per heavy atom. The van der Waals surface area contributed by atoms with Gasteiger partial charge in [0.05, 0.1) is 13.0 Å². The van der Waals surface area contributed by atoms with Crippen LogP contribution in [0.25, 0.3) is 0 Å². The van der Waals surface area contributed by atoms with Crippen molar-refractivity contribution in [2.75, 3.05) is 33.3 Å². The van der Waals surface area contributed by atoms with Gasteiger partial charge in [0.1, 0.15) is 0 Å². The number of rotatable bonds is 6. The molecule has 3 amide bonds. The Kier molecular flexibility index (Phi) is 9.01. The number of piperidine rings is 2. The molecule has 2 saturated heterocycles. The van der Waals surface area contributed by atoms with Gasteiger partial charge >= 0.3 is 12.0 Å². The highest BCUT2D eigenvalue weighted by atomic mass is 16.5. The van der Waals surface area contributed by atoms with Gasteiger partial charge in [0.2, 0.25) is 5.91 Å². The summed E-state index contributed by atoms with van der Waals surface area (Å²) in [5.74, 6) is -0.125. The lowest BCUT2D eigenvalue weighted by molar-refractivity contribution is -0.146. The van der Waals surface area contributed by atoms with E-state index in [9.17, 15) is 14.4 Å². The van der Waals surface area contributed by atoms with E-state index < -0.39 is 0 Å². The maximum absolute atomic E-state index is 12.8. The fourth-order valence-corrected chi connectivity index (χ4v) is 5.65. The molecule has 0 aromatic heterocycles. The molecule has 2 heterocycles. The number of nitrogens with zero attached hydrogens (tertiary/aromatic N) is 2. The molecular formula is C27H40N4O4. The highest BCUT2D eigenvalue weighted by molar-refractivity contribution is 5.80. The summed E-state index contributed by atoms with van der Waals surface area (Å²) >= 11 is 0. The first-order valence-electron chi connectivity index (χ1n) is 13.2. The van der Waals surface area contributed by atoms with Crippen molar-refractivity contribution in [3.63, 3.8) is 0 Å². The predicted molar refractivity (Wildman–Crippen MR) is 133 cm³/mol. The van der Waals surface area contributed by atoms with Crippen LogP contribution in [0.3, 0.4) is 0 Å². The predicted octanol–water partition coefficient (Wildman–Crippen LogP) is 2.92. The van der Waals surface area contributed by atoms with Gasteiger partial charge in [0, 0.05) is 50.7 Å². The molecule has 2 N–H and O–H groups in total. The molecule has 2 aliphatic heterocycles. The number of ether oxygens (including phenoxy) is 1. The molecule has 3 fully saturated rings. The average Bonchev–Trinajstić information content (AvgIpc) is 2.90. The molecule has 1 aromatic carbocycles. The van der Waals surface area contributed by atoms with Gasteiger partial charge in [-0.25, -0.2) is 4.79 Å². The number of esters is 1. The minimum absolute atomic E-state index is 0.00602. The summed E-state index contributed by atoms with van der Waals surface area (Å²) in [6.45, 7) is 4.18. The van der Waals surface area contributed by atoms with E-state index in [0.717, 1.165) is 58.2 Å². The van der Waals surface area contributed by atoms with Gasteiger partial charge < -0.3 is 20.3 Å². The van der Waals surface area contributed by atoms with Crippen molar-refractivity contribution in [3.8, 4) is 0 Å². The molecule has 1 saturated carbocycles. The molecule has 1 aromatic rings. The second kappa shape index (κ2) is 12.4.